The van der Waals surface area contributed by atoms with Gasteiger partial charge in [-0.1, -0.05) is 18.2 Å². The third-order valence-corrected chi connectivity index (χ3v) is 6.96. The van der Waals surface area contributed by atoms with Crippen LogP contribution >= 0.6 is 0 Å². The van der Waals surface area contributed by atoms with Gasteiger partial charge in [0.2, 0.25) is 0 Å². The molecule has 2 aromatic carbocycles. The van der Waals surface area contributed by atoms with E-state index in [2.05, 4.69) is 15.0 Å². The monoisotopic (exact) mass is 515 g/mol. The van der Waals surface area contributed by atoms with Crippen LogP contribution < -0.4 is 10.6 Å². The Morgan fingerprint density at radius 1 is 0.868 bits per heavy atom. The van der Waals surface area contributed by atoms with Gasteiger partial charge in [0.05, 0.1) is 28.2 Å². The highest BCUT2D eigenvalue weighted by Gasteiger charge is 2.36. The van der Waals surface area contributed by atoms with Crippen molar-refractivity contribution in [3.05, 3.63) is 95.3 Å². The van der Waals surface area contributed by atoms with Gasteiger partial charge in [-0.05, 0) is 67.3 Å². The lowest BCUT2D eigenvalue weighted by atomic mass is 10.0. The molecule has 0 spiro atoms. The van der Waals surface area contributed by atoms with Crippen LogP contribution in [0.2, 0.25) is 0 Å². The van der Waals surface area contributed by atoms with Gasteiger partial charge < -0.3 is 9.88 Å². The largest absolute Gasteiger partial charge is 0.418 e. The number of rotatable bonds is 4. The number of hydrogen-bond donors (Lipinski definition) is 1. The Bertz CT molecular complexity index is 1680. The Hall–Kier alpha value is -4.40. The summed E-state index contributed by atoms with van der Waals surface area (Å²) in [6.07, 6.45) is 3.01. The van der Waals surface area contributed by atoms with E-state index in [1.807, 2.05) is 36.4 Å². The number of alkyl halides is 3. The lowest BCUT2D eigenvalue weighted by Gasteiger charge is -2.31. The molecule has 0 unspecified atom stereocenters. The first kappa shape index (κ1) is 24.0. The zero-order valence-corrected chi connectivity index (χ0v) is 20.4. The molecule has 0 amide bonds. The van der Waals surface area contributed by atoms with Gasteiger partial charge in [-0.25, -0.2) is 4.79 Å². The van der Waals surface area contributed by atoms with E-state index in [9.17, 15) is 18.0 Å². The fourth-order valence-corrected chi connectivity index (χ4v) is 5.09. The van der Waals surface area contributed by atoms with Gasteiger partial charge >= 0.3 is 11.9 Å². The SMILES string of the molecule is O=c1[nH]cc(-c2cc(-c3cnc4ccccc4c3)ccn2)n1-c1ccc(N2CCCCC2)c(C(F)(F)F)c1. The van der Waals surface area contributed by atoms with Gasteiger partial charge in [0, 0.05) is 48.3 Å². The van der Waals surface area contributed by atoms with Crippen LogP contribution in [-0.4, -0.2) is 32.6 Å². The van der Waals surface area contributed by atoms with Crippen molar-refractivity contribution in [2.45, 2.75) is 25.4 Å². The van der Waals surface area contributed by atoms with E-state index < -0.39 is 17.4 Å². The summed E-state index contributed by atoms with van der Waals surface area (Å²) < 4.78 is 43.7. The summed E-state index contributed by atoms with van der Waals surface area (Å²) in [5.41, 5.74) is 2.35. The molecule has 1 saturated heterocycles. The van der Waals surface area contributed by atoms with Gasteiger partial charge in [-0.3, -0.25) is 14.5 Å². The van der Waals surface area contributed by atoms with Crippen molar-refractivity contribution in [3.63, 3.8) is 0 Å². The smallest absolute Gasteiger partial charge is 0.371 e. The maximum atomic E-state index is 14.2. The standard InChI is InChI=1S/C29H24F3N5O/c30-29(31,32)23-16-22(8-9-26(23)36-12-4-1-5-13-36)37-27(18-35-28(37)38)25-15-19(10-11-33-25)21-14-20-6-2-3-7-24(20)34-17-21/h2-3,6-11,14-18H,1,4-5,12-13H2,(H,35,38). The third-order valence-electron chi connectivity index (χ3n) is 6.96. The van der Waals surface area contributed by atoms with E-state index in [0.29, 0.717) is 24.5 Å². The van der Waals surface area contributed by atoms with Crippen LogP contribution in [0.5, 0.6) is 0 Å². The lowest BCUT2D eigenvalue weighted by Crippen LogP contribution is -2.31. The number of anilines is 1. The van der Waals surface area contributed by atoms with E-state index in [1.165, 1.54) is 16.8 Å². The summed E-state index contributed by atoms with van der Waals surface area (Å²) >= 11 is 0. The summed E-state index contributed by atoms with van der Waals surface area (Å²) in [5, 5.41) is 0.982. The molecule has 38 heavy (non-hydrogen) atoms. The minimum atomic E-state index is -4.57. The second-order valence-electron chi connectivity index (χ2n) is 9.41. The first-order valence-corrected chi connectivity index (χ1v) is 12.5. The number of pyridine rings is 2. The second-order valence-corrected chi connectivity index (χ2v) is 9.41. The number of nitrogens with zero attached hydrogens (tertiary/aromatic N) is 4. The van der Waals surface area contributed by atoms with E-state index in [1.54, 1.807) is 29.4 Å². The maximum absolute atomic E-state index is 14.2. The number of para-hydroxylation sites is 1. The zero-order valence-electron chi connectivity index (χ0n) is 20.4. The number of benzene rings is 2. The summed E-state index contributed by atoms with van der Waals surface area (Å²) in [7, 11) is 0. The van der Waals surface area contributed by atoms with E-state index in [4.69, 9.17) is 0 Å². The number of piperidine rings is 1. The summed E-state index contributed by atoms with van der Waals surface area (Å²) in [6, 6.07) is 17.5. The van der Waals surface area contributed by atoms with Gasteiger partial charge in [-0.15, -0.1) is 0 Å². The van der Waals surface area contributed by atoms with E-state index >= 15 is 0 Å². The highest BCUT2D eigenvalue weighted by atomic mass is 19.4. The predicted molar refractivity (Wildman–Crippen MR) is 141 cm³/mol. The number of aromatic nitrogens is 4. The quantitative estimate of drug-likeness (QED) is 0.299. The number of fused-ring (bicyclic) bond motifs is 1. The first-order valence-electron chi connectivity index (χ1n) is 12.5. The van der Waals surface area contributed by atoms with Crippen LogP contribution in [0.4, 0.5) is 18.9 Å². The van der Waals surface area contributed by atoms with Crippen molar-refractivity contribution in [2.24, 2.45) is 0 Å². The van der Waals surface area contributed by atoms with Gasteiger partial charge in [0.1, 0.15) is 0 Å². The highest BCUT2D eigenvalue weighted by Crippen LogP contribution is 2.39. The maximum Gasteiger partial charge on any atom is 0.418 e. The molecule has 0 saturated carbocycles. The molecular weight excluding hydrogens is 491 g/mol. The fraction of sp³-hybridized carbons (Fsp3) is 0.207. The molecule has 6 rings (SSSR count). The fourth-order valence-electron chi connectivity index (χ4n) is 5.09. The zero-order chi connectivity index (χ0) is 26.3. The van der Waals surface area contributed by atoms with Gasteiger partial charge in [0.25, 0.3) is 0 Å². The molecule has 9 heteroatoms. The molecule has 192 valence electrons. The molecule has 1 N–H and O–H groups in total. The summed E-state index contributed by atoms with van der Waals surface area (Å²) in [6.45, 7) is 1.16. The first-order chi connectivity index (χ1) is 18.4. The van der Waals surface area contributed by atoms with Crippen LogP contribution in [0.25, 0.3) is 39.1 Å². The number of aromatic amines is 1. The molecule has 6 nitrogen and oxygen atoms in total. The Labute approximate surface area is 216 Å². The van der Waals surface area contributed by atoms with Crippen LogP contribution in [0.1, 0.15) is 24.8 Å². The summed E-state index contributed by atoms with van der Waals surface area (Å²) in [4.78, 5) is 26.2. The molecule has 1 aliphatic rings. The van der Waals surface area contributed by atoms with Crippen molar-refractivity contribution in [1.29, 1.82) is 0 Å². The molecule has 0 radical (unpaired) electrons. The second kappa shape index (κ2) is 9.48. The molecule has 1 aliphatic heterocycles. The minimum Gasteiger partial charge on any atom is -0.371 e. The average Bonchev–Trinajstić information content (AvgIpc) is 3.34. The van der Waals surface area contributed by atoms with Gasteiger partial charge in [-0.2, -0.15) is 13.2 Å². The predicted octanol–water partition coefficient (Wildman–Crippen LogP) is 6.45. The topological polar surface area (TPSA) is 66.8 Å². The highest BCUT2D eigenvalue weighted by molar-refractivity contribution is 5.84. The number of halogens is 3. The molecule has 4 heterocycles. The Balaban J connectivity index is 1.43. The van der Waals surface area contributed by atoms with E-state index in [0.717, 1.165) is 47.4 Å². The number of imidazole rings is 1. The summed E-state index contributed by atoms with van der Waals surface area (Å²) in [5.74, 6) is 0. The van der Waals surface area contributed by atoms with Crippen molar-refractivity contribution in [1.82, 2.24) is 19.5 Å². The molecule has 0 aliphatic carbocycles. The van der Waals surface area contributed by atoms with Crippen LogP contribution in [0.3, 0.4) is 0 Å². The Morgan fingerprint density at radius 3 is 2.50 bits per heavy atom. The third kappa shape index (κ3) is 4.44. The van der Waals surface area contributed by atoms with Crippen molar-refractivity contribution in [3.8, 4) is 28.2 Å². The minimum absolute atomic E-state index is 0.124. The van der Waals surface area contributed by atoms with Crippen molar-refractivity contribution < 1.29 is 13.2 Å². The molecular formula is C29H24F3N5O. The van der Waals surface area contributed by atoms with Crippen molar-refractivity contribution in [2.75, 3.05) is 18.0 Å². The molecule has 0 bridgehead atoms. The number of nitrogens with one attached hydrogen (secondary N) is 1. The van der Waals surface area contributed by atoms with E-state index in [-0.39, 0.29) is 11.4 Å². The number of H-pyrrole nitrogens is 1. The number of hydrogen-bond acceptors (Lipinski definition) is 4. The van der Waals surface area contributed by atoms with Gasteiger partial charge in [0.15, 0.2) is 0 Å². The Morgan fingerprint density at radius 2 is 1.68 bits per heavy atom. The van der Waals surface area contributed by atoms with Crippen LogP contribution in [-0.2, 0) is 6.18 Å². The van der Waals surface area contributed by atoms with Crippen molar-refractivity contribution >= 4 is 16.6 Å². The Kier molecular flexibility index (Phi) is 5.98. The average molecular weight is 516 g/mol. The van der Waals surface area contributed by atoms with Crippen LogP contribution in [0, 0.1) is 0 Å². The molecule has 1 fully saturated rings. The molecule has 0 atom stereocenters. The normalized spacial score (nSPS) is 14.2. The lowest BCUT2D eigenvalue weighted by molar-refractivity contribution is -0.137. The molecule has 3 aromatic heterocycles. The van der Waals surface area contributed by atoms with Crippen LogP contribution in [0.15, 0.2) is 84.0 Å². The molecule has 5 aromatic rings.